The second kappa shape index (κ2) is 2.98. The summed E-state index contributed by atoms with van der Waals surface area (Å²) in [6, 6.07) is 0. The second-order valence-corrected chi connectivity index (χ2v) is 4.26. The van der Waals surface area contributed by atoms with Crippen LogP contribution in [0.5, 0.6) is 0 Å². The van der Waals surface area contributed by atoms with Gasteiger partial charge < -0.3 is 14.9 Å². The Labute approximate surface area is 74.3 Å². The molecule has 1 N–H and O–H groups in total. The summed E-state index contributed by atoms with van der Waals surface area (Å²) < 4.78 is 0. The minimum Gasteiger partial charge on any atom is -0.390 e. The number of likely N-dealkylation sites (N-methyl/N-ethyl adjacent to an activating group) is 1. The molecule has 0 atom stereocenters. The Hall–Kier alpha value is -0.700. The molecular weight excluding hydrogens is 152 g/mol. The lowest BCUT2D eigenvalue weighted by Gasteiger charge is -2.32. The lowest BCUT2D eigenvalue weighted by Crippen LogP contribution is -2.38. The maximum absolute atomic E-state index is 8.98. The number of aliphatic hydroxyl groups excluding tert-OH is 1. The molecule has 0 aromatic carbocycles. The summed E-state index contributed by atoms with van der Waals surface area (Å²) in [4.78, 5) is 4.28. The van der Waals surface area contributed by atoms with E-state index in [0.29, 0.717) is 0 Å². The largest absolute Gasteiger partial charge is 0.390 e. The van der Waals surface area contributed by atoms with E-state index in [4.69, 9.17) is 5.11 Å². The molecule has 0 bridgehead atoms. The van der Waals surface area contributed by atoms with E-state index in [1.165, 1.54) is 0 Å². The first-order valence-corrected chi connectivity index (χ1v) is 4.24. The van der Waals surface area contributed by atoms with Crippen LogP contribution in [0, 0.1) is 0 Å². The number of rotatable bonds is 1. The van der Waals surface area contributed by atoms with E-state index in [1.807, 2.05) is 13.2 Å². The zero-order chi connectivity index (χ0) is 9.35. The van der Waals surface area contributed by atoms with Crippen molar-refractivity contribution in [1.82, 2.24) is 9.80 Å². The normalized spacial score (nSPS) is 18.6. The third-order valence-corrected chi connectivity index (χ3v) is 2.18. The zero-order valence-corrected chi connectivity index (χ0v) is 8.33. The number of hydrogen-bond donors (Lipinski definition) is 1. The molecular formula is C9H18N2O. The minimum absolute atomic E-state index is 0.128. The van der Waals surface area contributed by atoms with E-state index in [9.17, 15) is 0 Å². The van der Waals surface area contributed by atoms with Gasteiger partial charge in [-0.15, -0.1) is 0 Å². The summed E-state index contributed by atoms with van der Waals surface area (Å²) in [5.74, 6) is 0. The lowest BCUT2D eigenvalue weighted by atomic mass is 10.1. The van der Waals surface area contributed by atoms with E-state index in [1.54, 1.807) is 0 Å². The zero-order valence-electron chi connectivity index (χ0n) is 8.33. The van der Waals surface area contributed by atoms with Gasteiger partial charge in [0.25, 0.3) is 0 Å². The lowest BCUT2D eigenvalue weighted by molar-refractivity contribution is 0.167. The molecule has 3 nitrogen and oxygen atoms in total. The number of nitrogens with zero attached hydrogens (tertiary/aromatic N) is 2. The SMILES string of the molecule is CN1CN(C(C)(C)C)C=C1CO. The smallest absolute Gasteiger partial charge is 0.0898 e. The fourth-order valence-electron chi connectivity index (χ4n) is 1.21. The highest BCUT2D eigenvalue weighted by molar-refractivity contribution is 5.07. The van der Waals surface area contributed by atoms with Crippen LogP contribution < -0.4 is 0 Å². The average Bonchev–Trinajstić information content (AvgIpc) is 2.29. The van der Waals surface area contributed by atoms with Gasteiger partial charge in [-0.3, -0.25) is 0 Å². The Bertz CT molecular complexity index is 193. The second-order valence-electron chi connectivity index (χ2n) is 4.26. The molecule has 0 aromatic heterocycles. The summed E-state index contributed by atoms with van der Waals surface area (Å²) in [5.41, 5.74) is 1.13. The van der Waals surface area contributed by atoms with E-state index in [2.05, 4.69) is 30.6 Å². The molecule has 1 aliphatic rings. The van der Waals surface area contributed by atoms with Crippen molar-refractivity contribution in [3.8, 4) is 0 Å². The maximum Gasteiger partial charge on any atom is 0.0898 e. The van der Waals surface area contributed by atoms with Crippen molar-refractivity contribution in [3.05, 3.63) is 11.9 Å². The van der Waals surface area contributed by atoms with Gasteiger partial charge in [-0.1, -0.05) is 0 Å². The van der Waals surface area contributed by atoms with Gasteiger partial charge in [0.05, 0.1) is 19.0 Å². The standard InChI is InChI=1S/C9H18N2O/c1-9(2,3)11-5-8(6-12)10(4)7-11/h5,12H,6-7H2,1-4H3. The van der Waals surface area contributed by atoms with Gasteiger partial charge in [0.15, 0.2) is 0 Å². The van der Waals surface area contributed by atoms with Gasteiger partial charge in [0, 0.05) is 18.8 Å². The van der Waals surface area contributed by atoms with Crippen LogP contribution in [0.2, 0.25) is 0 Å². The number of aliphatic hydroxyl groups is 1. The molecule has 0 amide bonds. The van der Waals surface area contributed by atoms with Crippen LogP contribution in [0.25, 0.3) is 0 Å². The summed E-state index contributed by atoms with van der Waals surface area (Å²) in [6.07, 6.45) is 2.03. The molecule has 1 rings (SSSR count). The predicted molar refractivity (Wildman–Crippen MR) is 49.4 cm³/mol. The summed E-state index contributed by atoms with van der Waals surface area (Å²) in [5, 5.41) is 8.98. The minimum atomic E-state index is 0.128. The quantitative estimate of drug-likeness (QED) is 0.631. The van der Waals surface area contributed by atoms with Crippen molar-refractivity contribution in [2.75, 3.05) is 20.3 Å². The van der Waals surface area contributed by atoms with Crippen molar-refractivity contribution >= 4 is 0 Å². The van der Waals surface area contributed by atoms with Gasteiger partial charge in [-0.2, -0.15) is 0 Å². The Balaban J connectivity index is 2.70. The van der Waals surface area contributed by atoms with Crippen molar-refractivity contribution in [1.29, 1.82) is 0 Å². The molecule has 1 aliphatic heterocycles. The average molecular weight is 170 g/mol. The molecule has 0 spiro atoms. The maximum atomic E-state index is 8.98. The first-order chi connectivity index (χ1) is 5.45. The molecule has 0 aromatic rings. The van der Waals surface area contributed by atoms with Gasteiger partial charge in [-0.25, -0.2) is 0 Å². The summed E-state index contributed by atoms with van der Waals surface area (Å²) >= 11 is 0. The van der Waals surface area contributed by atoms with Gasteiger partial charge >= 0.3 is 0 Å². The third kappa shape index (κ3) is 1.72. The molecule has 0 radical (unpaired) electrons. The summed E-state index contributed by atoms with van der Waals surface area (Å²) in [7, 11) is 1.99. The molecule has 0 saturated heterocycles. The predicted octanol–water partition coefficient (Wildman–Crippen LogP) is 0.824. The van der Waals surface area contributed by atoms with E-state index in [-0.39, 0.29) is 12.1 Å². The van der Waals surface area contributed by atoms with Crippen LogP contribution in [0.3, 0.4) is 0 Å². The topological polar surface area (TPSA) is 26.7 Å². The Morgan fingerprint density at radius 3 is 2.33 bits per heavy atom. The highest BCUT2D eigenvalue weighted by atomic mass is 16.3. The van der Waals surface area contributed by atoms with E-state index < -0.39 is 0 Å². The molecule has 0 unspecified atom stereocenters. The van der Waals surface area contributed by atoms with Crippen LogP contribution >= 0.6 is 0 Å². The van der Waals surface area contributed by atoms with Crippen molar-refractivity contribution < 1.29 is 5.11 Å². The van der Waals surface area contributed by atoms with Gasteiger partial charge in [0.2, 0.25) is 0 Å². The molecule has 12 heavy (non-hydrogen) atoms. The summed E-state index contributed by atoms with van der Waals surface area (Å²) in [6.45, 7) is 7.50. The first kappa shape index (κ1) is 9.39. The molecule has 0 aliphatic carbocycles. The molecule has 70 valence electrons. The van der Waals surface area contributed by atoms with Crippen LogP contribution in [-0.4, -0.2) is 40.8 Å². The van der Waals surface area contributed by atoms with Crippen LogP contribution in [0.15, 0.2) is 11.9 Å². The highest BCUT2D eigenvalue weighted by Gasteiger charge is 2.25. The van der Waals surface area contributed by atoms with Crippen molar-refractivity contribution in [2.45, 2.75) is 26.3 Å². The van der Waals surface area contributed by atoms with Crippen molar-refractivity contribution in [3.63, 3.8) is 0 Å². The van der Waals surface area contributed by atoms with Crippen molar-refractivity contribution in [2.24, 2.45) is 0 Å². The first-order valence-electron chi connectivity index (χ1n) is 4.24. The molecule has 1 heterocycles. The third-order valence-electron chi connectivity index (χ3n) is 2.18. The van der Waals surface area contributed by atoms with Crippen LogP contribution in [0.1, 0.15) is 20.8 Å². The van der Waals surface area contributed by atoms with Crippen LogP contribution in [0.4, 0.5) is 0 Å². The number of hydrogen-bond acceptors (Lipinski definition) is 3. The van der Waals surface area contributed by atoms with Gasteiger partial charge in [0.1, 0.15) is 0 Å². The van der Waals surface area contributed by atoms with E-state index in [0.717, 1.165) is 12.4 Å². The molecule has 0 fully saturated rings. The Morgan fingerprint density at radius 2 is 2.08 bits per heavy atom. The fraction of sp³-hybridized carbons (Fsp3) is 0.778. The molecule has 0 saturated carbocycles. The van der Waals surface area contributed by atoms with Crippen LogP contribution in [-0.2, 0) is 0 Å². The Morgan fingerprint density at radius 1 is 1.50 bits per heavy atom. The van der Waals surface area contributed by atoms with Gasteiger partial charge in [-0.05, 0) is 20.8 Å². The van der Waals surface area contributed by atoms with E-state index >= 15 is 0 Å². The molecule has 3 heteroatoms. The Kier molecular flexibility index (Phi) is 2.33. The fourth-order valence-corrected chi connectivity index (χ4v) is 1.21. The highest BCUT2D eigenvalue weighted by Crippen LogP contribution is 2.21. The monoisotopic (exact) mass is 170 g/mol.